The van der Waals surface area contributed by atoms with E-state index in [-0.39, 0.29) is 24.2 Å². The van der Waals surface area contributed by atoms with Gasteiger partial charge >= 0.3 is 5.97 Å². The first-order chi connectivity index (χ1) is 16.3. The fraction of sp³-hybridized carbons (Fsp3) is 0.519. The molecule has 0 spiro atoms. The summed E-state index contributed by atoms with van der Waals surface area (Å²) in [6, 6.07) is 13.7. The standard InChI is InChI=1S/C27H39NO5S/c1-5-8-16-27(6-2)19-34(30,31)24-17-21(14-15-25(29)33-7-3)23(32-4)18-22(24)26(28-27)20-12-10-9-11-13-20/h9-13,17-18,26,28,30-31H,5-8,14-16,19H2,1-4H3/t26-,27-/m1/s1. The molecule has 7 heteroatoms. The third-order valence-corrected chi connectivity index (χ3v) is 8.74. The molecule has 0 bridgehead atoms. The molecule has 2 aromatic rings. The number of methoxy groups -OCH3 is 1. The lowest BCUT2D eigenvalue weighted by atomic mass is 9.87. The Bertz CT molecular complexity index is 965. The van der Waals surface area contributed by atoms with Crippen molar-refractivity contribution in [2.75, 3.05) is 19.5 Å². The number of nitrogens with one attached hydrogen (secondary N) is 1. The van der Waals surface area contributed by atoms with Crippen LogP contribution >= 0.6 is 10.6 Å². The van der Waals surface area contributed by atoms with Crippen molar-refractivity contribution >= 4 is 16.6 Å². The lowest BCUT2D eigenvalue weighted by molar-refractivity contribution is -0.143. The molecule has 0 fully saturated rings. The highest BCUT2D eigenvalue weighted by atomic mass is 32.3. The maximum absolute atomic E-state index is 12.0. The molecule has 188 valence electrons. The molecule has 0 radical (unpaired) electrons. The summed E-state index contributed by atoms with van der Waals surface area (Å²) in [6.07, 6.45) is 4.30. The topological polar surface area (TPSA) is 88.0 Å². The number of rotatable bonds is 10. The number of unbranched alkanes of at least 4 members (excludes halogenated alkanes) is 1. The van der Waals surface area contributed by atoms with Gasteiger partial charge in [-0.3, -0.25) is 19.2 Å². The van der Waals surface area contributed by atoms with Gasteiger partial charge in [-0.05, 0) is 49.4 Å². The third kappa shape index (κ3) is 5.95. The fourth-order valence-electron chi connectivity index (χ4n) is 4.82. The summed E-state index contributed by atoms with van der Waals surface area (Å²) >= 11 is 0. The molecule has 3 N–H and O–H groups in total. The molecule has 34 heavy (non-hydrogen) atoms. The van der Waals surface area contributed by atoms with Crippen LogP contribution in [0, 0.1) is 0 Å². The van der Waals surface area contributed by atoms with E-state index in [1.807, 2.05) is 30.3 Å². The number of carbonyl (C=O) groups excluding carboxylic acids is 1. The van der Waals surface area contributed by atoms with Gasteiger partial charge in [0.05, 0.1) is 30.4 Å². The summed E-state index contributed by atoms with van der Waals surface area (Å²) in [5.74, 6) is 0.620. The SMILES string of the molecule is CCCC[C@]1(CC)CS(O)(O)c2cc(CCC(=O)OCC)c(OC)cc2[C@@H](c2ccccc2)N1. The largest absolute Gasteiger partial charge is 0.496 e. The zero-order chi connectivity index (χ0) is 24.8. The number of aryl methyl sites for hydroxylation is 1. The number of fused-ring (bicyclic) bond motifs is 1. The first kappa shape index (κ1) is 26.5. The van der Waals surface area contributed by atoms with E-state index in [4.69, 9.17) is 9.47 Å². The van der Waals surface area contributed by atoms with Crippen LogP contribution in [0.3, 0.4) is 0 Å². The van der Waals surface area contributed by atoms with Gasteiger partial charge in [0.15, 0.2) is 0 Å². The summed E-state index contributed by atoms with van der Waals surface area (Å²) in [7, 11) is -1.50. The van der Waals surface area contributed by atoms with Crippen LogP contribution in [0.25, 0.3) is 0 Å². The number of ether oxygens (including phenoxy) is 2. The minimum atomic E-state index is -3.10. The predicted octanol–water partition coefficient (Wildman–Crippen LogP) is 6.33. The summed E-state index contributed by atoms with van der Waals surface area (Å²) in [4.78, 5) is 12.5. The van der Waals surface area contributed by atoms with Gasteiger partial charge in [-0.2, -0.15) is 10.6 Å². The molecule has 0 amide bonds. The van der Waals surface area contributed by atoms with Crippen LogP contribution in [-0.2, 0) is 16.0 Å². The van der Waals surface area contributed by atoms with Crippen LogP contribution in [0.1, 0.15) is 75.6 Å². The van der Waals surface area contributed by atoms with E-state index < -0.39 is 16.1 Å². The van der Waals surface area contributed by atoms with Gasteiger partial charge in [0.25, 0.3) is 0 Å². The van der Waals surface area contributed by atoms with Crippen LogP contribution < -0.4 is 10.1 Å². The van der Waals surface area contributed by atoms with Crippen LogP contribution in [0.15, 0.2) is 47.4 Å². The Balaban J connectivity index is 2.14. The van der Waals surface area contributed by atoms with Crippen LogP contribution in [-0.4, -0.2) is 40.1 Å². The molecule has 6 nitrogen and oxygen atoms in total. The lowest BCUT2D eigenvalue weighted by Crippen LogP contribution is -2.49. The molecule has 0 aromatic heterocycles. The Morgan fingerprint density at radius 1 is 1.18 bits per heavy atom. The molecule has 1 heterocycles. The minimum absolute atomic E-state index is 0.206. The van der Waals surface area contributed by atoms with Crippen molar-refractivity contribution in [1.82, 2.24) is 5.32 Å². The van der Waals surface area contributed by atoms with Crippen LogP contribution in [0.2, 0.25) is 0 Å². The Morgan fingerprint density at radius 3 is 2.53 bits per heavy atom. The number of carbonyl (C=O) groups is 1. The Labute approximate surface area is 205 Å². The Kier molecular flexibility index (Phi) is 9.04. The second kappa shape index (κ2) is 11.6. The van der Waals surface area contributed by atoms with Crippen molar-refractivity contribution in [3.8, 4) is 5.75 Å². The molecule has 0 saturated heterocycles. The monoisotopic (exact) mass is 489 g/mol. The Hall–Kier alpha value is -2.06. The second-order valence-corrected chi connectivity index (χ2v) is 11.1. The van der Waals surface area contributed by atoms with Gasteiger partial charge in [0.1, 0.15) is 5.75 Å². The van der Waals surface area contributed by atoms with Gasteiger partial charge in [0, 0.05) is 17.5 Å². The average Bonchev–Trinajstić information content (AvgIpc) is 2.93. The third-order valence-electron chi connectivity index (χ3n) is 6.73. The molecule has 2 aromatic carbocycles. The summed E-state index contributed by atoms with van der Waals surface area (Å²) in [6.45, 7) is 6.39. The summed E-state index contributed by atoms with van der Waals surface area (Å²) in [5.41, 5.74) is 2.25. The van der Waals surface area contributed by atoms with E-state index in [9.17, 15) is 13.9 Å². The molecule has 1 aliphatic heterocycles. The molecule has 3 rings (SSSR count). The maximum Gasteiger partial charge on any atom is 0.306 e. The van der Waals surface area contributed by atoms with E-state index in [0.717, 1.165) is 42.4 Å². The van der Waals surface area contributed by atoms with Crippen molar-refractivity contribution in [3.63, 3.8) is 0 Å². The van der Waals surface area contributed by atoms with Gasteiger partial charge in [-0.15, -0.1) is 0 Å². The molecule has 0 aliphatic carbocycles. The molecule has 0 saturated carbocycles. The highest BCUT2D eigenvalue weighted by Crippen LogP contribution is 2.58. The van der Waals surface area contributed by atoms with Crippen molar-refractivity contribution in [3.05, 3.63) is 59.2 Å². The molecule has 1 aliphatic rings. The quantitative estimate of drug-likeness (QED) is 0.338. The maximum atomic E-state index is 12.0. The van der Waals surface area contributed by atoms with E-state index in [1.165, 1.54) is 0 Å². The Morgan fingerprint density at radius 2 is 1.91 bits per heavy atom. The molecular formula is C27H39NO5S. The summed E-state index contributed by atoms with van der Waals surface area (Å²) < 4.78 is 33.9. The number of esters is 1. The number of benzene rings is 2. The van der Waals surface area contributed by atoms with Gasteiger partial charge in [-0.25, -0.2) is 0 Å². The smallest absolute Gasteiger partial charge is 0.306 e. The second-order valence-electron chi connectivity index (χ2n) is 9.04. The normalized spacial score (nSPS) is 22.4. The van der Waals surface area contributed by atoms with E-state index in [1.54, 1.807) is 14.0 Å². The van der Waals surface area contributed by atoms with Crippen molar-refractivity contribution < 1.29 is 23.4 Å². The van der Waals surface area contributed by atoms with Crippen molar-refractivity contribution in [1.29, 1.82) is 0 Å². The average molecular weight is 490 g/mol. The van der Waals surface area contributed by atoms with Gasteiger partial charge in [-0.1, -0.05) is 57.0 Å². The minimum Gasteiger partial charge on any atom is -0.496 e. The first-order valence-electron chi connectivity index (χ1n) is 12.2. The summed E-state index contributed by atoms with van der Waals surface area (Å²) in [5, 5.41) is 3.85. The van der Waals surface area contributed by atoms with E-state index >= 15 is 0 Å². The van der Waals surface area contributed by atoms with Gasteiger partial charge < -0.3 is 9.47 Å². The zero-order valence-corrected chi connectivity index (χ0v) is 21.6. The van der Waals surface area contributed by atoms with Crippen molar-refractivity contribution in [2.45, 2.75) is 75.8 Å². The lowest BCUT2D eigenvalue weighted by Gasteiger charge is -2.42. The number of hydrogen-bond acceptors (Lipinski definition) is 6. The first-order valence-corrected chi connectivity index (χ1v) is 14.0. The van der Waals surface area contributed by atoms with E-state index in [0.29, 0.717) is 23.7 Å². The highest BCUT2D eigenvalue weighted by Gasteiger charge is 2.42. The zero-order valence-electron chi connectivity index (χ0n) is 20.8. The molecule has 0 unspecified atom stereocenters. The van der Waals surface area contributed by atoms with Crippen LogP contribution in [0.4, 0.5) is 0 Å². The predicted molar refractivity (Wildman–Crippen MR) is 138 cm³/mol. The number of hydrogen-bond donors (Lipinski definition) is 3. The van der Waals surface area contributed by atoms with E-state index in [2.05, 4.69) is 31.3 Å². The van der Waals surface area contributed by atoms with Crippen molar-refractivity contribution in [2.24, 2.45) is 0 Å². The molecule has 2 atom stereocenters. The highest BCUT2D eigenvalue weighted by molar-refractivity contribution is 8.24. The van der Waals surface area contributed by atoms with Gasteiger partial charge in [0.2, 0.25) is 0 Å². The van der Waals surface area contributed by atoms with Crippen LogP contribution in [0.5, 0.6) is 5.75 Å². The molecular weight excluding hydrogens is 450 g/mol. The fourth-order valence-corrected chi connectivity index (χ4v) is 7.06.